The van der Waals surface area contributed by atoms with Crippen LogP contribution in [0.15, 0.2) is 77.9 Å². The summed E-state index contributed by atoms with van der Waals surface area (Å²) in [6.07, 6.45) is 13.3. The second-order valence-corrected chi connectivity index (χ2v) is 8.85. The number of benzene rings is 1. The van der Waals surface area contributed by atoms with E-state index in [1.807, 2.05) is 30.6 Å². The van der Waals surface area contributed by atoms with Crippen LogP contribution in [0, 0.1) is 5.92 Å². The number of ether oxygens (including phenoxy) is 1. The summed E-state index contributed by atoms with van der Waals surface area (Å²) in [6, 6.07) is 6.05. The molecule has 4 N–H and O–H groups in total. The fourth-order valence-electron chi connectivity index (χ4n) is 4.04. The molecule has 0 amide bonds. The Morgan fingerprint density at radius 2 is 2.15 bits per heavy atom. The van der Waals surface area contributed by atoms with E-state index in [1.54, 1.807) is 0 Å². The number of rotatable bonds is 8. The molecule has 2 heterocycles. The van der Waals surface area contributed by atoms with E-state index in [1.165, 1.54) is 0 Å². The number of nitrogens with one attached hydrogen (secondary N) is 2. The quantitative estimate of drug-likeness (QED) is 0.496. The number of H-pyrrole nitrogens is 1. The van der Waals surface area contributed by atoms with E-state index in [4.69, 9.17) is 15.5 Å². The number of nitrogen functional groups attached to an aromatic ring is 1. The molecule has 4 rings (SSSR count). The van der Waals surface area contributed by atoms with Crippen molar-refractivity contribution in [1.29, 1.82) is 0 Å². The molecule has 2 aliphatic rings. The Kier molecular flexibility index (Phi) is 7.77. The maximum atomic E-state index is 6.19. The molecule has 1 unspecified atom stereocenters. The first-order valence-electron chi connectivity index (χ1n) is 11.9. The lowest BCUT2D eigenvalue weighted by molar-refractivity contribution is 0.0342. The first-order valence-corrected chi connectivity index (χ1v) is 11.9. The van der Waals surface area contributed by atoms with Gasteiger partial charge in [-0.25, -0.2) is 4.99 Å². The van der Waals surface area contributed by atoms with Crippen LogP contribution in [-0.2, 0) is 11.3 Å². The highest BCUT2D eigenvalue weighted by atomic mass is 16.5. The predicted molar refractivity (Wildman–Crippen MR) is 140 cm³/mol. The van der Waals surface area contributed by atoms with Crippen molar-refractivity contribution in [2.45, 2.75) is 26.8 Å². The summed E-state index contributed by atoms with van der Waals surface area (Å²) in [6.45, 7) is 12.8. The summed E-state index contributed by atoms with van der Waals surface area (Å²) < 4.78 is 5.45. The standard InChI is InChI=1S/C27H34N6O/c1-4-19(2)11-23-14-22(24-16-29-30-17-24)5-6-27(23)32-20(3)31-26-13-21(12-25(28)15-26)18-33-7-9-34-10-8-33/h5-6,11-17,19,31H,3-4,7-10,18,28H2,1-2H3,(H,29,30)/b23-11-,32-27?. The van der Waals surface area contributed by atoms with Crippen molar-refractivity contribution < 1.29 is 4.74 Å². The minimum atomic E-state index is 0.437. The summed E-state index contributed by atoms with van der Waals surface area (Å²) in [5.74, 6) is 1.00. The topological polar surface area (TPSA) is 91.6 Å². The zero-order chi connectivity index (χ0) is 23.9. The van der Waals surface area contributed by atoms with Crippen molar-refractivity contribution in [2.24, 2.45) is 10.9 Å². The minimum absolute atomic E-state index is 0.437. The van der Waals surface area contributed by atoms with Gasteiger partial charge >= 0.3 is 0 Å². The van der Waals surface area contributed by atoms with Gasteiger partial charge in [-0.2, -0.15) is 5.10 Å². The highest BCUT2D eigenvalue weighted by Gasteiger charge is 2.14. The van der Waals surface area contributed by atoms with Gasteiger partial charge in [0.15, 0.2) is 0 Å². The third-order valence-electron chi connectivity index (χ3n) is 6.04. The predicted octanol–water partition coefficient (Wildman–Crippen LogP) is 4.77. The van der Waals surface area contributed by atoms with Gasteiger partial charge in [-0.05, 0) is 53.0 Å². The van der Waals surface area contributed by atoms with Crippen LogP contribution in [0.2, 0.25) is 0 Å². The lowest BCUT2D eigenvalue weighted by Gasteiger charge is -2.26. The molecule has 7 nitrogen and oxygen atoms in total. The van der Waals surface area contributed by atoms with Gasteiger partial charge in [0.05, 0.1) is 25.1 Å². The summed E-state index contributed by atoms with van der Waals surface area (Å²) in [7, 11) is 0. The highest BCUT2D eigenvalue weighted by molar-refractivity contribution is 6.15. The Balaban J connectivity index is 1.51. The molecular formula is C27H34N6O. The average molecular weight is 459 g/mol. The van der Waals surface area contributed by atoms with Crippen molar-refractivity contribution >= 4 is 22.7 Å². The number of allylic oxidation sites excluding steroid dienone is 6. The van der Waals surface area contributed by atoms with Gasteiger partial charge in [-0.3, -0.25) is 10.00 Å². The monoisotopic (exact) mass is 458 g/mol. The number of aromatic nitrogens is 2. The lowest BCUT2D eigenvalue weighted by Crippen LogP contribution is -2.35. The molecule has 1 aromatic heterocycles. The van der Waals surface area contributed by atoms with E-state index in [-0.39, 0.29) is 0 Å². The maximum absolute atomic E-state index is 6.19. The van der Waals surface area contributed by atoms with E-state index >= 15 is 0 Å². The van der Waals surface area contributed by atoms with E-state index in [9.17, 15) is 0 Å². The zero-order valence-electron chi connectivity index (χ0n) is 20.1. The fraction of sp³-hybridized carbons (Fsp3) is 0.333. The molecule has 1 fully saturated rings. The number of anilines is 2. The number of nitrogens with zero attached hydrogens (tertiary/aromatic N) is 3. The number of hydrogen-bond donors (Lipinski definition) is 3. The third-order valence-corrected chi connectivity index (χ3v) is 6.04. The molecule has 1 saturated heterocycles. The summed E-state index contributed by atoms with van der Waals surface area (Å²) in [4.78, 5) is 7.19. The second-order valence-electron chi connectivity index (χ2n) is 8.85. The molecule has 1 aromatic carbocycles. The third kappa shape index (κ3) is 6.34. The number of nitrogens with two attached hydrogens (primary N) is 1. The Morgan fingerprint density at radius 3 is 2.88 bits per heavy atom. The number of morpholine rings is 1. The maximum Gasteiger partial charge on any atom is 0.123 e. The van der Waals surface area contributed by atoms with Crippen LogP contribution in [0.25, 0.3) is 5.57 Å². The second kappa shape index (κ2) is 11.1. The van der Waals surface area contributed by atoms with Gasteiger partial charge in [0.1, 0.15) is 5.82 Å². The van der Waals surface area contributed by atoms with Crippen molar-refractivity contribution in [3.8, 4) is 0 Å². The Morgan fingerprint density at radius 1 is 1.32 bits per heavy atom. The van der Waals surface area contributed by atoms with Crippen LogP contribution in [-0.4, -0.2) is 47.1 Å². The van der Waals surface area contributed by atoms with Crippen LogP contribution in [0.5, 0.6) is 0 Å². The molecule has 0 bridgehead atoms. The molecule has 0 saturated carbocycles. The normalized spacial score (nSPS) is 19.9. The van der Waals surface area contributed by atoms with Crippen LogP contribution in [0.4, 0.5) is 11.4 Å². The van der Waals surface area contributed by atoms with Gasteiger partial charge in [0, 0.05) is 42.8 Å². The Hall–Kier alpha value is -3.42. The van der Waals surface area contributed by atoms with Crippen LogP contribution in [0.1, 0.15) is 31.4 Å². The zero-order valence-corrected chi connectivity index (χ0v) is 20.1. The number of aromatic amines is 1. The molecule has 1 atom stereocenters. The average Bonchev–Trinajstić information content (AvgIpc) is 3.35. The van der Waals surface area contributed by atoms with Crippen LogP contribution < -0.4 is 11.1 Å². The van der Waals surface area contributed by atoms with Gasteiger partial charge in [-0.1, -0.05) is 39.0 Å². The molecule has 1 aliphatic carbocycles. The number of hydrogen-bond acceptors (Lipinski definition) is 6. The summed E-state index contributed by atoms with van der Waals surface area (Å²) in [5, 5.41) is 10.3. The molecule has 1 aliphatic heterocycles. The van der Waals surface area contributed by atoms with E-state index in [0.717, 1.165) is 78.6 Å². The molecule has 7 heteroatoms. The van der Waals surface area contributed by atoms with E-state index in [2.05, 4.69) is 65.1 Å². The van der Waals surface area contributed by atoms with Gasteiger partial charge in [0.25, 0.3) is 0 Å². The van der Waals surface area contributed by atoms with E-state index < -0.39 is 0 Å². The van der Waals surface area contributed by atoms with Crippen LogP contribution in [0.3, 0.4) is 0 Å². The largest absolute Gasteiger partial charge is 0.399 e. The van der Waals surface area contributed by atoms with Crippen molar-refractivity contribution in [3.05, 3.63) is 84.0 Å². The molecule has 0 radical (unpaired) electrons. The fourth-order valence-corrected chi connectivity index (χ4v) is 4.04. The summed E-state index contributed by atoms with van der Waals surface area (Å²) >= 11 is 0. The first-order chi connectivity index (χ1) is 16.5. The Labute approximate surface area is 201 Å². The minimum Gasteiger partial charge on any atom is -0.399 e. The Bertz CT molecular complexity index is 1120. The van der Waals surface area contributed by atoms with Crippen molar-refractivity contribution in [2.75, 3.05) is 37.4 Å². The summed E-state index contributed by atoms with van der Waals surface area (Å²) in [5.41, 5.74) is 13.1. The smallest absolute Gasteiger partial charge is 0.123 e. The van der Waals surface area contributed by atoms with Gasteiger partial charge in [-0.15, -0.1) is 0 Å². The molecular weight excluding hydrogens is 424 g/mol. The van der Waals surface area contributed by atoms with E-state index in [0.29, 0.717) is 11.7 Å². The molecule has 0 spiro atoms. The molecule has 178 valence electrons. The SMILES string of the molecule is C=C(N=C1C=CC(c2cn[nH]c2)=C/C1=C/C(C)CC)Nc1cc(N)cc(CN2CCOCC2)c1. The first kappa shape index (κ1) is 23.7. The highest BCUT2D eigenvalue weighted by Crippen LogP contribution is 2.25. The van der Waals surface area contributed by atoms with Crippen molar-refractivity contribution in [3.63, 3.8) is 0 Å². The molecule has 34 heavy (non-hydrogen) atoms. The van der Waals surface area contributed by atoms with Crippen molar-refractivity contribution in [1.82, 2.24) is 15.1 Å². The van der Waals surface area contributed by atoms with Gasteiger partial charge < -0.3 is 15.8 Å². The van der Waals surface area contributed by atoms with Gasteiger partial charge in [0.2, 0.25) is 0 Å². The number of aliphatic imine (C=N–C) groups is 1. The lowest BCUT2D eigenvalue weighted by atomic mass is 9.93. The van der Waals surface area contributed by atoms with Crippen LogP contribution >= 0.6 is 0 Å². The molecule has 2 aromatic rings.